The number of benzene rings is 1. The molecule has 0 spiro atoms. The third-order valence-electron chi connectivity index (χ3n) is 4.09. The number of carbonyl (C=O) groups is 1. The largest absolute Gasteiger partial charge is 0.463 e. The number of hydrogen-bond donors (Lipinski definition) is 2. The van der Waals surface area contributed by atoms with Gasteiger partial charge in [0.25, 0.3) is 5.91 Å². The van der Waals surface area contributed by atoms with Gasteiger partial charge >= 0.3 is 0 Å². The lowest BCUT2D eigenvalue weighted by atomic mass is 9.87. The van der Waals surface area contributed by atoms with Gasteiger partial charge in [-0.1, -0.05) is 18.2 Å². The Bertz CT molecular complexity index is 597. The van der Waals surface area contributed by atoms with Crippen molar-refractivity contribution in [3.63, 3.8) is 0 Å². The SMILES string of the molecule is O=C(NCC1CCC(O)CC1)c1coc2ccccc12. The van der Waals surface area contributed by atoms with E-state index in [4.69, 9.17) is 4.42 Å². The lowest BCUT2D eigenvalue weighted by Crippen LogP contribution is -2.32. The van der Waals surface area contributed by atoms with E-state index >= 15 is 0 Å². The monoisotopic (exact) mass is 273 g/mol. The Morgan fingerprint density at radius 3 is 2.80 bits per heavy atom. The Hall–Kier alpha value is -1.81. The van der Waals surface area contributed by atoms with Crippen molar-refractivity contribution in [1.29, 1.82) is 0 Å². The summed E-state index contributed by atoms with van der Waals surface area (Å²) >= 11 is 0. The number of aliphatic hydroxyl groups excluding tert-OH is 1. The summed E-state index contributed by atoms with van der Waals surface area (Å²) in [7, 11) is 0. The van der Waals surface area contributed by atoms with Crippen LogP contribution in [-0.2, 0) is 0 Å². The van der Waals surface area contributed by atoms with E-state index in [0.29, 0.717) is 18.0 Å². The molecule has 2 aromatic rings. The number of hydrogen-bond acceptors (Lipinski definition) is 3. The highest BCUT2D eigenvalue weighted by Crippen LogP contribution is 2.24. The zero-order valence-corrected chi connectivity index (χ0v) is 11.3. The molecule has 1 fully saturated rings. The van der Waals surface area contributed by atoms with Gasteiger partial charge < -0.3 is 14.8 Å². The molecule has 1 aromatic heterocycles. The van der Waals surface area contributed by atoms with E-state index in [1.807, 2.05) is 24.3 Å². The maximum atomic E-state index is 12.2. The Kier molecular flexibility index (Phi) is 3.74. The normalized spacial score (nSPS) is 22.9. The predicted octanol–water partition coefficient (Wildman–Crippen LogP) is 2.71. The first kappa shape index (κ1) is 13.2. The molecule has 0 atom stereocenters. The fraction of sp³-hybridized carbons (Fsp3) is 0.438. The highest BCUT2D eigenvalue weighted by atomic mass is 16.3. The van der Waals surface area contributed by atoms with Crippen molar-refractivity contribution < 1.29 is 14.3 Å². The highest BCUT2D eigenvalue weighted by molar-refractivity contribution is 6.05. The zero-order chi connectivity index (χ0) is 13.9. The van der Waals surface area contributed by atoms with E-state index in [9.17, 15) is 9.90 Å². The third kappa shape index (κ3) is 2.70. The van der Waals surface area contributed by atoms with Gasteiger partial charge in [0.05, 0.1) is 11.7 Å². The first-order valence-corrected chi connectivity index (χ1v) is 7.16. The summed E-state index contributed by atoms with van der Waals surface area (Å²) < 4.78 is 5.38. The Morgan fingerprint density at radius 2 is 2.00 bits per heavy atom. The van der Waals surface area contributed by atoms with Gasteiger partial charge in [-0.25, -0.2) is 0 Å². The minimum Gasteiger partial charge on any atom is -0.463 e. The second-order valence-electron chi connectivity index (χ2n) is 5.53. The van der Waals surface area contributed by atoms with Crippen LogP contribution in [-0.4, -0.2) is 23.7 Å². The fourth-order valence-electron chi connectivity index (χ4n) is 2.83. The molecule has 1 amide bonds. The molecular weight excluding hydrogens is 254 g/mol. The first-order valence-electron chi connectivity index (χ1n) is 7.16. The molecule has 3 rings (SSSR count). The standard InChI is InChI=1S/C16H19NO3/c18-12-7-5-11(6-8-12)9-17-16(19)14-10-20-15-4-2-1-3-13(14)15/h1-4,10-12,18H,5-9H2,(H,17,19). The van der Waals surface area contributed by atoms with Crippen molar-refractivity contribution in [3.05, 3.63) is 36.1 Å². The molecule has 0 radical (unpaired) electrons. The number of amides is 1. The summed E-state index contributed by atoms with van der Waals surface area (Å²) in [6.07, 6.45) is 5.01. The van der Waals surface area contributed by atoms with Crippen LogP contribution in [0.15, 0.2) is 34.9 Å². The Balaban J connectivity index is 1.62. The highest BCUT2D eigenvalue weighted by Gasteiger charge is 2.20. The van der Waals surface area contributed by atoms with Crippen molar-refractivity contribution in [3.8, 4) is 0 Å². The molecule has 106 valence electrons. The van der Waals surface area contributed by atoms with Crippen LogP contribution in [0.2, 0.25) is 0 Å². The van der Waals surface area contributed by atoms with Crippen LogP contribution in [0.25, 0.3) is 11.0 Å². The molecule has 0 bridgehead atoms. The quantitative estimate of drug-likeness (QED) is 0.903. The molecule has 4 heteroatoms. The molecular formula is C16H19NO3. The number of para-hydroxylation sites is 1. The smallest absolute Gasteiger partial charge is 0.255 e. The minimum absolute atomic E-state index is 0.0823. The zero-order valence-electron chi connectivity index (χ0n) is 11.3. The van der Waals surface area contributed by atoms with Crippen LogP contribution in [0.3, 0.4) is 0 Å². The molecule has 0 unspecified atom stereocenters. The van der Waals surface area contributed by atoms with Crippen molar-refractivity contribution in [2.24, 2.45) is 5.92 Å². The lowest BCUT2D eigenvalue weighted by Gasteiger charge is -2.25. The first-order chi connectivity index (χ1) is 9.74. The summed E-state index contributed by atoms with van der Waals surface area (Å²) in [5.74, 6) is 0.390. The molecule has 1 aliphatic carbocycles. The van der Waals surface area contributed by atoms with E-state index < -0.39 is 0 Å². The third-order valence-corrected chi connectivity index (χ3v) is 4.09. The van der Waals surface area contributed by atoms with Gasteiger partial charge in [0.2, 0.25) is 0 Å². The second kappa shape index (κ2) is 5.67. The summed E-state index contributed by atoms with van der Waals surface area (Å²) in [5, 5.41) is 13.3. The van der Waals surface area contributed by atoms with E-state index in [0.717, 1.165) is 36.7 Å². The van der Waals surface area contributed by atoms with E-state index in [1.54, 1.807) is 0 Å². The average Bonchev–Trinajstić information content (AvgIpc) is 2.90. The number of nitrogens with one attached hydrogen (secondary N) is 1. The van der Waals surface area contributed by atoms with Crippen LogP contribution in [0.4, 0.5) is 0 Å². The Morgan fingerprint density at radius 1 is 1.25 bits per heavy atom. The molecule has 1 saturated carbocycles. The molecule has 1 heterocycles. The van der Waals surface area contributed by atoms with Crippen LogP contribution in [0, 0.1) is 5.92 Å². The number of fused-ring (bicyclic) bond motifs is 1. The van der Waals surface area contributed by atoms with Crippen molar-refractivity contribution in [1.82, 2.24) is 5.32 Å². The van der Waals surface area contributed by atoms with Crippen molar-refractivity contribution >= 4 is 16.9 Å². The summed E-state index contributed by atoms with van der Waals surface area (Å²) in [6, 6.07) is 7.54. The maximum absolute atomic E-state index is 12.2. The number of carbonyl (C=O) groups excluding carboxylic acids is 1. The minimum atomic E-state index is -0.153. The van der Waals surface area contributed by atoms with Gasteiger partial charge in [0.1, 0.15) is 11.8 Å². The molecule has 1 aliphatic rings. The molecule has 0 saturated heterocycles. The maximum Gasteiger partial charge on any atom is 0.255 e. The number of rotatable bonds is 3. The van der Waals surface area contributed by atoms with Crippen LogP contribution >= 0.6 is 0 Å². The van der Waals surface area contributed by atoms with Gasteiger partial charge in [0, 0.05) is 11.9 Å². The summed E-state index contributed by atoms with van der Waals surface area (Å²) in [6.45, 7) is 0.672. The van der Waals surface area contributed by atoms with Gasteiger partial charge in [-0.2, -0.15) is 0 Å². The summed E-state index contributed by atoms with van der Waals surface area (Å²) in [4.78, 5) is 12.2. The summed E-state index contributed by atoms with van der Waals surface area (Å²) in [5.41, 5.74) is 1.33. The molecule has 0 aliphatic heterocycles. The number of furan rings is 1. The topological polar surface area (TPSA) is 62.5 Å². The molecule has 2 N–H and O–H groups in total. The van der Waals surface area contributed by atoms with Crippen molar-refractivity contribution in [2.45, 2.75) is 31.8 Å². The predicted molar refractivity (Wildman–Crippen MR) is 76.5 cm³/mol. The van der Waals surface area contributed by atoms with Gasteiger partial charge in [-0.05, 0) is 37.7 Å². The average molecular weight is 273 g/mol. The molecule has 1 aromatic carbocycles. The number of aliphatic hydroxyl groups is 1. The van der Waals surface area contributed by atoms with Gasteiger partial charge in [-0.15, -0.1) is 0 Å². The van der Waals surface area contributed by atoms with E-state index in [1.165, 1.54) is 6.26 Å². The van der Waals surface area contributed by atoms with Crippen LogP contribution in [0.1, 0.15) is 36.0 Å². The van der Waals surface area contributed by atoms with Gasteiger partial charge in [-0.3, -0.25) is 4.79 Å². The van der Waals surface area contributed by atoms with E-state index in [2.05, 4.69) is 5.32 Å². The lowest BCUT2D eigenvalue weighted by molar-refractivity contribution is 0.0911. The van der Waals surface area contributed by atoms with Crippen LogP contribution in [0.5, 0.6) is 0 Å². The van der Waals surface area contributed by atoms with Gasteiger partial charge in [0.15, 0.2) is 0 Å². The Labute approximate surface area is 117 Å². The van der Waals surface area contributed by atoms with E-state index in [-0.39, 0.29) is 12.0 Å². The van der Waals surface area contributed by atoms with Crippen LogP contribution < -0.4 is 5.32 Å². The fourth-order valence-corrected chi connectivity index (χ4v) is 2.83. The second-order valence-corrected chi connectivity index (χ2v) is 5.53. The molecule has 4 nitrogen and oxygen atoms in total. The van der Waals surface area contributed by atoms with Crippen molar-refractivity contribution in [2.75, 3.05) is 6.54 Å². The molecule has 20 heavy (non-hydrogen) atoms.